The van der Waals surface area contributed by atoms with Gasteiger partial charge in [0.25, 0.3) is 0 Å². The quantitative estimate of drug-likeness (QED) is 0.0898. The Labute approximate surface area is 508 Å². The molecule has 2 fully saturated rings. The van der Waals surface area contributed by atoms with Crippen LogP contribution in [0.3, 0.4) is 0 Å². The Bertz CT molecular complexity index is 3260. The van der Waals surface area contributed by atoms with E-state index < -0.39 is 116 Å². The highest BCUT2D eigenvalue weighted by Gasteiger charge is 2.58. The van der Waals surface area contributed by atoms with E-state index in [4.69, 9.17) is 75.8 Å². The van der Waals surface area contributed by atoms with Crippen LogP contribution in [0, 0.1) is 0 Å². The lowest BCUT2D eigenvalue weighted by molar-refractivity contribution is -0.354. The molecule has 0 amide bonds. The van der Waals surface area contributed by atoms with Gasteiger partial charge in [-0.1, -0.05) is 18.2 Å². The Kier molecular flexibility index (Phi) is 20.3. The summed E-state index contributed by atoms with van der Waals surface area (Å²) in [6.45, 7) is 7.78. The van der Waals surface area contributed by atoms with E-state index in [1.165, 1.54) is 0 Å². The Morgan fingerprint density at radius 1 is 0.489 bits per heavy atom. The summed E-state index contributed by atoms with van der Waals surface area (Å²) in [6, 6.07) is 18.7. The molecule has 0 spiro atoms. The lowest BCUT2D eigenvalue weighted by Gasteiger charge is -2.48. The maximum absolute atomic E-state index is 13.3. The summed E-state index contributed by atoms with van der Waals surface area (Å²) in [5, 5.41) is 0. The van der Waals surface area contributed by atoms with Crippen LogP contribution in [0.4, 0.5) is 0 Å². The number of benzene rings is 4. The van der Waals surface area contributed by atoms with Crippen LogP contribution < -0.4 is 28.4 Å². The van der Waals surface area contributed by atoms with E-state index in [9.17, 15) is 33.6 Å². The van der Waals surface area contributed by atoms with E-state index in [0.29, 0.717) is 60.3 Å². The summed E-state index contributed by atoms with van der Waals surface area (Å²) < 4.78 is 97.9. The van der Waals surface area contributed by atoms with Gasteiger partial charge in [0.1, 0.15) is 37.3 Å². The molecule has 0 unspecified atom stereocenters. The largest absolute Gasteiger partial charge is 0.493 e. The zero-order chi connectivity index (χ0) is 63.2. The molecule has 0 aliphatic carbocycles. The first-order chi connectivity index (χ1) is 42.0. The molecule has 0 N–H and O–H groups in total. The van der Waals surface area contributed by atoms with Crippen molar-refractivity contribution in [3.05, 3.63) is 94.0 Å². The van der Waals surface area contributed by atoms with Gasteiger partial charge in [0.05, 0.1) is 21.3 Å². The fourth-order valence-electron chi connectivity index (χ4n) is 11.9. The fourth-order valence-corrected chi connectivity index (χ4v) is 11.9. The van der Waals surface area contributed by atoms with Gasteiger partial charge in [-0.2, -0.15) is 0 Å². The second-order valence-electron chi connectivity index (χ2n) is 22.0. The minimum atomic E-state index is -1.89. The Balaban J connectivity index is 1.15. The minimum Gasteiger partial charge on any atom is -0.493 e. The highest BCUT2D eigenvalue weighted by molar-refractivity contribution is 5.70. The molecule has 88 heavy (non-hydrogen) atoms. The second-order valence-corrected chi connectivity index (χ2v) is 22.0. The normalized spacial score (nSPS) is 25.7. The minimum absolute atomic E-state index is 0.0471. The van der Waals surface area contributed by atoms with Gasteiger partial charge in [-0.25, -0.2) is 0 Å². The maximum Gasteiger partial charge on any atom is 0.303 e. The second kappa shape index (κ2) is 27.9. The van der Waals surface area contributed by atoms with E-state index >= 15 is 0 Å². The zero-order valence-electron chi connectivity index (χ0n) is 51.1. The van der Waals surface area contributed by atoms with E-state index in [2.05, 4.69) is 29.0 Å². The van der Waals surface area contributed by atoms with Crippen molar-refractivity contribution >= 4 is 41.8 Å². The molecule has 10 rings (SSSR count). The summed E-state index contributed by atoms with van der Waals surface area (Å²) in [5.41, 5.74) is 5.87. The van der Waals surface area contributed by atoms with Crippen molar-refractivity contribution in [3.8, 4) is 46.0 Å². The van der Waals surface area contributed by atoms with E-state index in [1.807, 2.05) is 43.4 Å². The number of fused-ring (bicyclic) bond motifs is 2. The van der Waals surface area contributed by atoms with Gasteiger partial charge in [0.2, 0.25) is 18.1 Å². The number of carbonyl (C=O) groups excluding carboxylic acids is 7. The molecule has 2 saturated heterocycles. The molecule has 4 aromatic carbocycles. The standard InChI is InChI=1S/C63H74N2O23/c1-31(66)76-29-51-55(78-33(3)68)58(79-34(4)69)61(82-37(7)72)63(87-51)88-56-52(30-77-32(2)67)86-62(60(81-36(6)71)59(56)80-35(5)70)85-46-18-15-39-24-45-53-41(20-22-65(45)9)27-50(74-11)54(75-12)57(53)84-49-28-43-40(26-47(49)73-10)19-21-64(8)44(43)23-38-13-16-42(17-14-38)83-48(46)25-39/h13-18,25-28,44-45,51-52,55-56,58-63H,19-24,29-30H2,1-12H3/t44-,45+,51+,52+,55-,56+,58-,59-,60+,61+,62+,63-/m0/s1. The Hall–Kier alpha value is -8.23. The van der Waals surface area contributed by atoms with Gasteiger partial charge >= 0.3 is 41.8 Å². The topological polar surface area (TPSA) is 274 Å². The van der Waals surface area contributed by atoms with Gasteiger partial charge in [-0.3, -0.25) is 43.4 Å². The monoisotopic (exact) mass is 1230 g/mol. The van der Waals surface area contributed by atoms with Crippen LogP contribution >= 0.6 is 0 Å². The van der Waals surface area contributed by atoms with Gasteiger partial charge in [-0.05, 0) is 110 Å². The van der Waals surface area contributed by atoms with Gasteiger partial charge in [-0.15, -0.1) is 0 Å². The van der Waals surface area contributed by atoms with Crippen LogP contribution in [0.15, 0.2) is 60.7 Å². The molecular formula is C63H74N2O23. The molecule has 25 heteroatoms. The molecule has 0 radical (unpaired) electrons. The average molecular weight is 1230 g/mol. The van der Waals surface area contributed by atoms with Gasteiger partial charge < -0.3 is 75.8 Å². The predicted molar refractivity (Wildman–Crippen MR) is 305 cm³/mol. The summed E-state index contributed by atoms with van der Waals surface area (Å²) in [6.07, 6.45) is -14.4. The summed E-state index contributed by atoms with van der Waals surface area (Å²) in [4.78, 5) is 94.2. The third-order valence-corrected chi connectivity index (χ3v) is 15.8. The van der Waals surface area contributed by atoms with Gasteiger partial charge in [0.15, 0.2) is 65.2 Å². The molecular weight excluding hydrogens is 1150 g/mol. The Morgan fingerprint density at radius 3 is 1.58 bits per heavy atom. The number of nitrogens with zero attached hydrogens (tertiary/aromatic N) is 2. The van der Waals surface area contributed by atoms with Crippen LogP contribution in [0.25, 0.3) is 0 Å². The summed E-state index contributed by atoms with van der Waals surface area (Å²) in [5.74, 6) is -3.03. The van der Waals surface area contributed by atoms with Crippen LogP contribution in [-0.4, -0.2) is 175 Å². The smallest absolute Gasteiger partial charge is 0.303 e. The number of carbonyl (C=O) groups is 7. The molecule has 4 aromatic rings. The molecule has 474 valence electrons. The van der Waals surface area contributed by atoms with Crippen molar-refractivity contribution in [2.24, 2.45) is 0 Å². The van der Waals surface area contributed by atoms with Gasteiger partial charge in [0, 0.05) is 79.2 Å². The summed E-state index contributed by atoms with van der Waals surface area (Å²) >= 11 is 0. The fraction of sp³-hybridized carbons (Fsp3) is 0.508. The lowest BCUT2D eigenvalue weighted by Crippen LogP contribution is -2.67. The number of methoxy groups -OCH3 is 3. The highest BCUT2D eigenvalue weighted by Crippen LogP contribution is 2.52. The number of esters is 7. The van der Waals surface area contributed by atoms with Crippen molar-refractivity contribution in [3.63, 3.8) is 0 Å². The number of hydrogen-bond acceptors (Lipinski definition) is 25. The van der Waals surface area contributed by atoms with E-state index in [-0.39, 0.29) is 23.6 Å². The number of rotatable bonds is 16. The lowest BCUT2D eigenvalue weighted by atomic mass is 9.87. The van der Waals surface area contributed by atoms with Crippen LogP contribution in [0.1, 0.15) is 93.9 Å². The third kappa shape index (κ3) is 14.7. The van der Waals surface area contributed by atoms with Crippen LogP contribution in [0.5, 0.6) is 46.0 Å². The van der Waals surface area contributed by atoms with E-state index in [0.717, 1.165) is 94.8 Å². The molecule has 0 saturated carbocycles. The van der Waals surface area contributed by atoms with E-state index in [1.54, 1.807) is 33.5 Å². The number of likely N-dealkylation sites (N-methyl/N-ethyl adjacent to an activating group) is 2. The van der Waals surface area contributed by atoms with Crippen molar-refractivity contribution < 1.29 is 109 Å². The predicted octanol–water partition coefficient (Wildman–Crippen LogP) is 6.15. The van der Waals surface area contributed by atoms with Crippen molar-refractivity contribution in [2.45, 2.75) is 148 Å². The molecule has 6 aliphatic heterocycles. The summed E-state index contributed by atoms with van der Waals surface area (Å²) in [7, 11) is 8.92. The SMILES string of the molecule is COc1cc2c3cc1Oc1c(OC)c(OC)cc4c1[C@@H](Cc1ccc(O[C@@H]5O[C@H](COC(C)=O)[C@@H](O[C@@H]6O[C@H](COC(C)=O)[C@H](OC(C)=O)[C@H](OC(C)=O)[C@H]6OC(C)=O)[C@H](OC(C)=O)[C@H]5OC(C)=O)c(c1)Oc1ccc(cc1)C[C@@H]3N(C)CC2)N(C)CC4. The average Bonchev–Trinajstić information content (AvgIpc) is 0.941. The first-order valence-electron chi connectivity index (χ1n) is 28.7. The van der Waals surface area contributed by atoms with Crippen molar-refractivity contribution in [1.82, 2.24) is 9.80 Å². The zero-order valence-corrected chi connectivity index (χ0v) is 51.1. The molecule has 0 aromatic heterocycles. The first-order valence-corrected chi connectivity index (χ1v) is 28.7. The highest BCUT2D eigenvalue weighted by atomic mass is 16.8. The third-order valence-electron chi connectivity index (χ3n) is 15.8. The van der Waals surface area contributed by atoms with Crippen LogP contribution in [-0.2, 0) is 107 Å². The first kappa shape index (κ1) is 64.2. The number of hydrogen-bond donors (Lipinski definition) is 0. The molecule has 6 heterocycles. The number of ether oxygens (including phenoxy) is 16. The maximum atomic E-state index is 13.3. The molecule has 25 nitrogen and oxygen atoms in total. The molecule has 12 atom stereocenters. The van der Waals surface area contributed by atoms with Crippen LogP contribution in [0.2, 0.25) is 0 Å². The molecule has 6 bridgehead atoms. The molecule has 6 aliphatic rings. The Morgan fingerprint density at radius 2 is 0.989 bits per heavy atom. The van der Waals surface area contributed by atoms with Crippen molar-refractivity contribution in [1.29, 1.82) is 0 Å². The van der Waals surface area contributed by atoms with Crippen molar-refractivity contribution in [2.75, 3.05) is 61.7 Å².